The van der Waals surface area contributed by atoms with Gasteiger partial charge in [-0.1, -0.05) is 31.0 Å². The van der Waals surface area contributed by atoms with Gasteiger partial charge in [0.25, 0.3) is 0 Å². The molecule has 0 aliphatic carbocycles. The first-order valence-corrected chi connectivity index (χ1v) is 6.94. The number of halogens is 4. The maximum atomic E-state index is 12.8. The van der Waals surface area contributed by atoms with Crippen molar-refractivity contribution in [2.24, 2.45) is 0 Å². The minimum atomic E-state index is -4.47. The summed E-state index contributed by atoms with van der Waals surface area (Å²) >= 11 is 5.81. The summed E-state index contributed by atoms with van der Waals surface area (Å²) in [5, 5.41) is 2.63. The van der Waals surface area contributed by atoms with E-state index in [1.54, 1.807) is 0 Å². The Labute approximate surface area is 122 Å². The van der Waals surface area contributed by atoms with Gasteiger partial charge in [0.15, 0.2) is 0 Å². The second kappa shape index (κ2) is 7.74. The van der Waals surface area contributed by atoms with Crippen LogP contribution < -0.4 is 10.1 Å². The van der Waals surface area contributed by atoms with Crippen molar-refractivity contribution < 1.29 is 17.9 Å². The number of alkyl halides is 3. The molecule has 0 radical (unpaired) electrons. The highest BCUT2D eigenvalue weighted by molar-refractivity contribution is 6.32. The summed E-state index contributed by atoms with van der Waals surface area (Å²) in [6.07, 6.45) is -2.23. The van der Waals surface area contributed by atoms with Crippen molar-refractivity contribution in [3.8, 4) is 5.75 Å². The van der Waals surface area contributed by atoms with Crippen molar-refractivity contribution in [1.82, 2.24) is 5.32 Å². The fraction of sp³-hybridized carbons (Fsp3) is 0.571. The van der Waals surface area contributed by atoms with Crippen molar-refractivity contribution in [2.75, 3.05) is 13.6 Å². The highest BCUT2D eigenvalue weighted by atomic mass is 35.5. The molecule has 20 heavy (non-hydrogen) atoms. The van der Waals surface area contributed by atoms with Gasteiger partial charge >= 0.3 is 6.18 Å². The highest BCUT2D eigenvalue weighted by Gasteiger charge is 2.34. The van der Waals surface area contributed by atoms with E-state index in [9.17, 15) is 13.2 Å². The van der Waals surface area contributed by atoms with Gasteiger partial charge in [-0.25, -0.2) is 0 Å². The summed E-state index contributed by atoms with van der Waals surface area (Å²) in [6, 6.07) is 3.74. The van der Waals surface area contributed by atoms with Crippen LogP contribution >= 0.6 is 11.6 Å². The molecule has 1 aromatic carbocycles. The summed E-state index contributed by atoms with van der Waals surface area (Å²) in [5.41, 5.74) is -0.861. The molecule has 114 valence electrons. The van der Waals surface area contributed by atoms with Gasteiger partial charge in [-0.3, -0.25) is 0 Å². The van der Waals surface area contributed by atoms with Crippen molar-refractivity contribution in [1.29, 1.82) is 0 Å². The van der Waals surface area contributed by atoms with Gasteiger partial charge in [-0.15, -0.1) is 0 Å². The quantitative estimate of drug-likeness (QED) is 0.800. The van der Waals surface area contributed by atoms with Gasteiger partial charge in [-0.05, 0) is 38.6 Å². The van der Waals surface area contributed by atoms with E-state index in [0.29, 0.717) is 0 Å². The van der Waals surface area contributed by atoms with Gasteiger partial charge in [0, 0.05) is 0 Å². The fourth-order valence-electron chi connectivity index (χ4n) is 1.89. The van der Waals surface area contributed by atoms with Crippen molar-refractivity contribution in [3.63, 3.8) is 0 Å². The molecule has 0 saturated heterocycles. The zero-order chi connectivity index (χ0) is 15.2. The maximum absolute atomic E-state index is 12.8. The van der Waals surface area contributed by atoms with Crippen LogP contribution in [-0.4, -0.2) is 19.7 Å². The Balaban J connectivity index is 2.90. The third kappa shape index (κ3) is 4.87. The first-order valence-electron chi connectivity index (χ1n) is 6.57. The molecule has 0 heterocycles. The Bertz CT molecular complexity index is 423. The van der Waals surface area contributed by atoms with E-state index in [1.807, 2.05) is 14.0 Å². The van der Waals surface area contributed by atoms with Crippen molar-refractivity contribution in [3.05, 3.63) is 28.8 Å². The molecular weight excluding hydrogens is 291 g/mol. The van der Waals surface area contributed by atoms with E-state index >= 15 is 0 Å². The topological polar surface area (TPSA) is 21.3 Å². The third-order valence-electron chi connectivity index (χ3n) is 2.89. The second-order valence-corrected chi connectivity index (χ2v) is 4.91. The molecule has 1 aromatic rings. The molecule has 0 saturated carbocycles. The molecule has 0 spiro atoms. The molecule has 0 aromatic heterocycles. The summed E-state index contributed by atoms with van der Waals surface area (Å²) in [6.45, 7) is 2.74. The predicted molar refractivity (Wildman–Crippen MR) is 74.3 cm³/mol. The Morgan fingerprint density at radius 2 is 2.00 bits per heavy atom. The van der Waals surface area contributed by atoms with E-state index in [0.717, 1.165) is 31.9 Å². The first kappa shape index (κ1) is 17.1. The molecule has 1 N–H and O–H groups in total. The largest absolute Gasteiger partial charge is 0.489 e. The first-order chi connectivity index (χ1) is 9.40. The standard InChI is InChI=1S/C14H19ClF3NO/c1-3-5-10(8-9-19-2)20-12-7-4-6-11(13(12)15)14(16,17)18/h4,6-7,10,19H,3,5,8-9H2,1-2H3/t10-/m1/s1. The SMILES string of the molecule is CCC[C@H](CCNC)Oc1cccc(C(F)(F)F)c1Cl. The second-order valence-electron chi connectivity index (χ2n) is 4.54. The molecule has 0 aliphatic heterocycles. The van der Waals surface area contributed by atoms with Gasteiger partial charge in [-0.2, -0.15) is 13.2 Å². The summed E-state index contributed by atoms with van der Waals surface area (Å²) in [7, 11) is 1.82. The highest BCUT2D eigenvalue weighted by Crippen LogP contribution is 2.39. The van der Waals surface area contributed by atoms with Gasteiger partial charge in [0.2, 0.25) is 0 Å². The Morgan fingerprint density at radius 1 is 1.30 bits per heavy atom. The van der Waals surface area contributed by atoms with Gasteiger partial charge in [0.05, 0.1) is 16.7 Å². The van der Waals surface area contributed by atoms with E-state index in [-0.39, 0.29) is 16.9 Å². The third-order valence-corrected chi connectivity index (χ3v) is 3.28. The number of benzene rings is 1. The summed E-state index contributed by atoms with van der Waals surface area (Å²) in [5.74, 6) is 0.0936. The Hall–Kier alpha value is -0.940. The van der Waals surface area contributed by atoms with Crippen LogP contribution in [0, 0.1) is 0 Å². The fourth-order valence-corrected chi connectivity index (χ4v) is 2.17. The number of nitrogens with one attached hydrogen (secondary N) is 1. The lowest BCUT2D eigenvalue weighted by atomic mass is 10.1. The maximum Gasteiger partial charge on any atom is 0.417 e. The average molecular weight is 310 g/mol. The van der Waals surface area contributed by atoms with Crippen LogP contribution in [0.15, 0.2) is 18.2 Å². The van der Waals surface area contributed by atoms with Crippen LogP contribution in [0.2, 0.25) is 5.02 Å². The van der Waals surface area contributed by atoms with Crippen LogP contribution in [0.5, 0.6) is 5.75 Å². The minimum absolute atomic E-state index is 0.0936. The van der Waals surface area contributed by atoms with Gasteiger partial charge < -0.3 is 10.1 Å². The molecular formula is C14H19ClF3NO. The summed E-state index contributed by atoms with van der Waals surface area (Å²) in [4.78, 5) is 0. The molecule has 1 atom stereocenters. The molecule has 1 rings (SSSR count). The normalized spacial score (nSPS) is 13.3. The molecule has 2 nitrogen and oxygen atoms in total. The Morgan fingerprint density at radius 3 is 2.55 bits per heavy atom. The van der Waals surface area contributed by atoms with E-state index in [2.05, 4.69) is 5.32 Å². The zero-order valence-corrected chi connectivity index (χ0v) is 12.3. The van der Waals surface area contributed by atoms with Crippen LogP contribution in [0.1, 0.15) is 31.7 Å². The predicted octanol–water partition coefficient (Wildman–Crippen LogP) is 4.52. The molecule has 0 unspecified atom stereocenters. The molecule has 0 fully saturated rings. The molecule has 6 heteroatoms. The van der Waals surface area contributed by atoms with Crippen LogP contribution in [-0.2, 0) is 6.18 Å². The lowest BCUT2D eigenvalue weighted by Gasteiger charge is -2.20. The number of ether oxygens (including phenoxy) is 1. The number of rotatable bonds is 7. The molecule has 0 amide bonds. The monoisotopic (exact) mass is 309 g/mol. The van der Waals surface area contributed by atoms with Gasteiger partial charge in [0.1, 0.15) is 5.75 Å². The lowest BCUT2D eigenvalue weighted by Crippen LogP contribution is -2.22. The van der Waals surface area contributed by atoms with Crippen molar-refractivity contribution in [2.45, 2.75) is 38.5 Å². The van der Waals surface area contributed by atoms with Crippen LogP contribution in [0.4, 0.5) is 13.2 Å². The Kier molecular flexibility index (Phi) is 6.62. The number of hydrogen-bond acceptors (Lipinski definition) is 2. The van der Waals surface area contributed by atoms with Crippen LogP contribution in [0.25, 0.3) is 0 Å². The van der Waals surface area contributed by atoms with Crippen molar-refractivity contribution >= 4 is 11.6 Å². The minimum Gasteiger partial charge on any atom is -0.489 e. The molecule has 0 bridgehead atoms. The van der Waals surface area contributed by atoms with E-state index in [4.69, 9.17) is 16.3 Å². The lowest BCUT2D eigenvalue weighted by molar-refractivity contribution is -0.137. The smallest absolute Gasteiger partial charge is 0.417 e. The van der Waals surface area contributed by atoms with Crippen LogP contribution in [0.3, 0.4) is 0 Å². The van der Waals surface area contributed by atoms with E-state index in [1.165, 1.54) is 12.1 Å². The van der Waals surface area contributed by atoms with E-state index < -0.39 is 11.7 Å². The average Bonchev–Trinajstić information content (AvgIpc) is 2.37. The zero-order valence-electron chi connectivity index (χ0n) is 11.6. The number of hydrogen-bond donors (Lipinski definition) is 1. The molecule has 0 aliphatic rings. The summed E-state index contributed by atoms with van der Waals surface area (Å²) < 4.78 is 44.0.